The Labute approximate surface area is 100 Å². The molecule has 0 spiro atoms. The van der Waals surface area contributed by atoms with E-state index in [9.17, 15) is 0 Å². The third-order valence-corrected chi connectivity index (χ3v) is 3.24. The molecule has 0 radical (unpaired) electrons. The first-order chi connectivity index (χ1) is 6.77. The Bertz CT molecular complexity index is 514. The third-order valence-electron chi connectivity index (χ3n) is 3.24. The molecule has 1 aliphatic rings. The van der Waals surface area contributed by atoms with Gasteiger partial charge in [-0.05, 0) is 25.5 Å². The first-order valence-corrected chi connectivity index (χ1v) is 5.27. The van der Waals surface area contributed by atoms with Crippen LogP contribution >= 0.6 is 0 Å². The normalized spacial score (nSPS) is 14.0. The Morgan fingerprint density at radius 3 is 2.87 bits per heavy atom. The summed E-state index contributed by atoms with van der Waals surface area (Å²) in [6.07, 6.45) is 1.28. The van der Waals surface area contributed by atoms with Crippen molar-refractivity contribution in [1.29, 1.82) is 0 Å². The molecule has 2 heterocycles. The van der Waals surface area contributed by atoms with Crippen molar-refractivity contribution >= 4 is 10.9 Å². The largest absolute Gasteiger partial charge is 1.00 e. The molecule has 1 aliphatic heterocycles. The van der Waals surface area contributed by atoms with Crippen molar-refractivity contribution in [2.24, 2.45) is 0 Å². The highest BCUT2D eigenvalue weighted by atomic mass is 79.9. The van der Waals surface area contributed by atoms with Crippen molar-refractivity contribution in [3.63, 3.8) is 0 Å². The molecule has 15 heavy (non-hydrogen) atoms. The Morgan fingerprint density at radius 2 is 2.07 bits per heavy atom. The predicted octanol–water partition coefficient (Wildman–Crippen LogP) is -1.05. The molecule has 3 heteroatoms. The molecular formula is C12H15BrN2. The maximum Gasteiger partial charge on any atom is 0.238 e. The van der Waals surface area contributed by atoms with E-state index in [0.717, 1.165) is 0 Å². The first-order valence-electron chi connectivity index (χ1n) is 5.27. The molecule has 2 aromatic rings. The molecule has 0 fully saturated rings. The van der Waals surface area contributed by atoms with Gasteiger partial charge in [-0.1, -0.05) is 6.07 Å². The minimum atomic E-state index is 0. The molecule has 0 N–H and O–H groups in total. The summed E-state index contributed by atoms with van der Waals surface area (Å²) >= 11 is 0. The van der Waals surface area contributed by atoms with Gasteiger partial charge in [-0.3, -0.25) is 0 Å². The maximum atomic E-state index is 2.41. The van der Waals surface area contributed by atoms with Gasteiger partial charge < -0.3 is 17.0 Å². The van der Waals surface area contributed by atoms with Crippen molar-refractivity contribution in [1.82, 2.24) is 4.68 Å². The van der Waals surface area contributed by atoms with E-state index >= 15 is 0 Å². The zero-order valence-electron chi connectivity index (χ0n) is 9.13. The van der Waals surface area contributed by atoms with Gasteiger partial charge in [0.2, 0.25) is 5.52 Å². The SMILES string of the molecule is Cc1ccc2c(c1)c(C)n1[n+]2CCC1.[Br-]. The summed E-state index contributed by atoms with van der Waals surface area (Å²) in [5.41, 5.74) is 4.16. The third kappa shape index (κ3) is 1.41. The highest BCUT2D eigenvalue weighted by Gasteiger charge is 2.25. The van der Waals surface area contributed by atoms with Gasteiger partial charge in [-0.25, -0.2) is 0 Å². The highest BCUT2D eigenvalue weighted by Crippen LogP contribution is 2.20. The van der Waals surface area contributed by atoms with Gasteiger partial charge >= 0.3 is 0 Å². The summed E-state index contributed by atoms with van der Waals surface area (Å²) in [6, 6.07) is 6.75. The van der Waals surface area contributed by atoms with Gasteiger partial charge in [0.1, 0.15) is 0 Å². The molecule has 0 bridgehead atoms. The fraction of sp³-hybridized carbons (Fsp3) is 0.417. The van der Waals surface area contributed by atoms with Crippen LogP contribution in [0.4, 0.5) is 0 Å². The summed E-state index contributed by atoms with van der Waals surface area (Å²) in [4.78, 5) is 0. The van der Waals surface area contributed by atoms with Gasteiger partial charge in [0, 0.05) is 12.5 Å². The smallest absolute Gasteiger partial charge is 0.238 e. The van der Waals surface area contributed by atoms with Crippen molar-refractivity contribution in [2.45, 2.75) is 33.4 Å². The molecule has 0 aliphatic carbocycles. The fourth-order valence-electron chi connectivity index (χ4n) is 2.51. The van der Waals surface area contributed by atoms with Gasteiger partial charge in [-0.15, -0.1) is 4.68 Å². The zero-order valence-corrected chi connectivity index (χ0v) is 10.7. The number of aryl methyl sites for hydroxylation is 3. The second kappa shape index (κ2) is 3.63. The van der Waals surface area contributed by atoms with Gasteiger partial charge in [-0.2, -0.15) is 4.68 Å². The van der Waals surface area contributed by atoms with Crippen LogP contribution in [0.1, 0.15) is 17.7 Å². The van der Waals surface area contributed by atoms with Crippen LogP contribution < -0.4 is 21.7 Å². The number of halogens is 1. The van der Waals surface area contributed by atoms with E-state index in [4.69, 9.17) is 0 Å². The Morgan fingerprint density at radius 1 is 1.27 bits per heavy atom. The molecule has 0 saturated carbocycles. The van der Waals surface area contributed by atoms with Crippen LogP contribution in [0.3, 0.4) is 0 Å². The summed E-state index contributed by atoms with van der Waals surface area (Å²) in [6.45, 7) is 6.74. The second-order valence-electron chi connectivity index (χ2n) is 4.21. The van der Waals surface area contributed by atoms with Gasteiger partial charge in [0.15, 0.2) is 6.54 Å². The number of hydrogen-bond acceptors (Lipinski definition) is 0. The summed E-state index contributed by atoms with van der Waals surface area (Å²) in [5.74, 6) is 0. The number of fused-ring (bicyclic) bond motifs is 3. The minimum absolute atomic E-state index is 0. The number of nitrogens with zero attached hydrogens (tertiary/aromatic N) is 2. The Kier molecular flexibility index (Phi) is 2.59. The zero-order chi connectivity index (χ0) is 9.71. The lowest BCUT2D eigenvalue weighted by molar-refractivity contribution is -0.735. The van der Waals surface area contributed by atoms with E-state index in [0.29, 0.717) is 0 Å². The van der Waals surface area contributed by atoms with Gasteiger partial charge in [0.05, 0.1) is 17.6 Å². The molecule has 1 aromatic carbocycles. The Balaban J connectivity index is 0.000000853. The van der Waals surface area contributed by atoms with E-state index in [1.54, 1.807) is 0 Å². The van der Waals surface area contributed by atoms with E-state index in [1.807, 2.05) is 0 Å². The van der Waals surface area contributed by atoms with E-state index in [2.05, 4.69) is 41.4 Å². The number of hydrogen-bond donors (Lipinski definition) is 0. The second-order valence-corrected chi connectivity index (χ2v) is 4.21. The van der Waals surface area contributed by atoms with Gasteiger partial charge in [0.25, 0.3) is 0 Å². The van der Waals surface area contributed by atoms with Crippen LogP contribution in [0.2, 0.25) is 0 Å². The Hall–Kier alpha value is -0.830. The summed E-state index contributed by atoms with van der Waals surface area (Å²) in [5, 5.41) is 1.42. The lowest BCUT2D eigenvalue weighted by Crippen LogP contribution is -3.00. The lowest BCUT2D eigenvalue weighted by Gasteiger charge is -1.91. The number of benzene rings is 1. The predicted molar refractivity (Wildman–Crippen MR) is 56.2 cm³/mol. The molecule has 80 valence electrons. The lowest BCUT2D eigenvalue weighted by atomic mass is 10.1. The molecule has 0 amide bonds. The average Bonchev–Trinajstić information content (AvgIpc) is 2.72. The molecule has 1 aromatic heterocycles. The van der Waals surface area contributed by atoms with Crippen molar-refractivity contribution in [3.8, 4) is 0 Å². The number of aromatic nitrogens is 2. The number of rotatable bonds is 0. The van der Waals surface area contributed by atoms with Crippen LogP contribution in [0, 0.1) is 13.8 Å². The van der Waals surface area contributed by atoms with E-state index in [1.165, 1.54) is 41.7 Å². The van der Waals surface area contributed by atoms with Crippen LogP contribution in [0.15, 0.2) is 18.2 Å². The minimum Gasteiger partial charge on any atom is -1.00 e. The molecule has 0 saturated heterocycles. The maximum absolute atomic E-state index is 2.41. The molecule has 2 nitrogen and oxygen atoms in total. The first kappa shape index (κ1) is 10.7. The van der Waals surface area contributed by atoms with Crippen molar-refractivity contribution in [2.75, 3.05) is 0 Å². The highest BCUT2D eigenvalue weighted by molar-refractivity contribution is 5.79. The molecule has 0 atom stereocenters. The summed E-state index contributed by atoms with van der Waals surface area (Å²) < 4.78 is 4.81. The van der Waals surface area contributed by atoms with Crippen LogP contribution in [-0.2, 0) is 13.1 Å². The molecule has 3 rings (SSSR count). The quantitative estimate of drug-likeness (QED) is 0.539. The molecular weight excluding hydrogens is 252 g/mol. The summed E-state index contributed by atoms with van der Waals surface area (Å²) in [7, 11) is 0. The van der Waals surface area contributed by atoms with Crippen LogP contribution in [0.5, 0.6) is 0 Å². The van der Waals surface area contributed by atoms with Crippen molar-refractivity contribution < 1.29 is 21.7 Å². The van der Waals surface area contributed by atoms with Crippen LogP contribution in [0.25, 0.3) is 10.9 Å². The van der Waals surface area contributed by atoms with E-state index < -0.39 is 0 Å². The standard InChI is InChI=1S/C12H15N2.BrH/c1-9-4-5-12-11(8-9)10(2)13-6-3-7-14(12)13;/h4-5,8H,3,6-7H2,1-2H3;1H/q+1;/p-1. The van der Waals surface area contributed by atoms with Crippen molar-refractivity contribution in [3.05, 3.63) is 29.5 Å². The monoisotopic (exact) mass is 266 g/mol. The fourth-order valence-corrected chi connectivity index (χ4v) is 2.51. The topological polar surface area (TPSA) is 8.81 Å². The van der Waals surface area contributed by atoms with E-state index in [-0.39, 0.29) is 17.0 Å². The molecule has 0 unspecified atom stereocenters. The van der Waals surface area contributed by atoms with Crippen LogP contribution in [-0.4, -0.2) is 4.68 Å². The average molecular weight is 267 g/mol.